The van der Waals surface area contributed by atoms with Gasteiger partial charge in [-0.2, -0.15) is 0 Å². The topological polar surface area (TPSA) is 158 Å². The number of nitrogens with two attached hydrogens (primary N) is 1. The monoisotopic (exact) mass is 285 g/mol. The molecule has 2 aliphatic rings. The summed E-state index contributed by atoms with van der Waals surface area (Å²) in [5.74, 6) is -1.68. The largest absolute Gasteiger partial charge is 0.394 e. The van der Waals surface area contributed by atoms with Crippen LogP contribution in [0.5, 0.6) is 0 Å². The van der Waals surface area contributed by atoms with Gasteiger partial charge in [-0.25, -0.2) is 9.98 Å². The van der Waals surface area contributed by atoms with Gasteiger partial charge in [-0.15, -0.1) is 0 Å². The highest BCUT2D eigenvalue weighted by atomic mass is 16.6. The Balaban J connectivity index is 1.96. The molecule has 20 heavy (non-hydrogen) atoms. The number of aliphatic imine (C=N–C) groups is 1. The third-order valence-electron chi connectivity index (χ3n) is 3.40. The summed E-state index contributed by atoms with van der Waals surface area (Å²) < 4.78 is 6.76. The second-order valence-corrected chi connectivity index (χ2v) is 4.71. The van der Waals surface area contributed by atoms with Crippen LogP contribution in [0.1, 0.15) is 11.9 Å². The van der Waals surface area contributed by atoms with E-state index < -0.39 is 37.0 Å². The summed E-state index contributed by atoms with van der Waals surface area (Å²) in [4.78, 5) is 7.58. The van der Waals surface area contributed by atoms with E-state index in [1.54, 1.807) is 0 Å². The highest BCUT2D eigenvalue weighted by Gasteiger charge is 2.45. The van der Waals surface area contributed by atoms with Crippen LogP contribution in [0.15, 0.2) is 11.3 Å². The first kappa shape index (κ1) is 13.4. The van der Waals surface area contributed by atoms with Crippen LogP contribution in [0.3, 0.4) is 0 Å². The quantitative estimate of drug-likeness (QED) is 0.314. The number of anilines is 1. The number of aromatic nitrogens is 2. The van der Waals surface area contributed by atoms with Crippen molar-refractivity contribution >= 4 is 12.2 Å². The van der Waals surface area contributed by atoms with E-state index in [1.165, 1.54) is 17.2 Å². The van der Waals surface area contributed by atoms with Crippen molar-refractivity contribution in [1.29, 1.82) is 0 Å². The highest BCUT2D eigenvalue weighted by molar-refractivity contribution is 5.78. The Labute approximate surface area is 113 Å². The Bertz CT molecular complexity index is 544. The van der Waals surface area contributed by atoms with Gasteiger partial charge in [0.2, 0.25) is 0 Å². The maximum atomic E-state index is 9.97. The second-order valence-electron chi connectivity index (χ2n) is 4.71. The molecule has 1 saturated heterocycles. The van der Waals surface area contributed by atoms with Crippen LogP contribution in [-0.4, -0.2) is 61.2 Å². The van der Waals surface area contributed by atoms with Gasteiger partial charge in [0.05, 0.1) is 19.3 Å². The van der Waals surface area contributed by atoms with E-state index in [9.17, 15) is 15.3 Å². The number of ether oxygens (including phenoxy) is 1. The van der Waals surface area contributed by atoms with E-state index in [0.29, 0.717) is 5.82 Å². The predicted molar refractivity (Wildman–Crippen MR) is 65.4 cm³/mol. The van der Waals surface area contributed by atoms with Crippen LogP contribution in [0.4, 0.5) is 5.82 Å². The van der Waals surface area contributed by atoms with Crippen LogP contribution in [0.2, 0.25) is 0 Å². The molecule has 1 aromatic heterocycles. The van der Waals surface area contributed by atoms with Gasteiger partial charge in [0.1, 0.15) is 24.1 Å². The minimum absolute atomic E-state index is 0.0674. The zero-order valence-electron chi connectivity index (χ0n) is 10.3. The van der Waals surface area contributed by atoms with E-state index in [2.05, 4.69) is 15.3 Å². The maximum absolute atomic E-state index is 9.97. The number of aliphatic hydroxyl groups excluding tert-OH is 3. The zero-order chi connectivity index (χ0) is 14.5. The number of hydrogen-bond donors (Lipinski definition) is 6. The van der Waals surface area contributed by atoms with Crippen molar-refractivity contribution in [1.82, 2.24) is 9.55 Å². The van der Waals surface area contributed by atoms with Crippen LogP contribution >= 0.6 is 0 Å². The van der Waals surface area contributed by atoms with Crippen molar-refractivity contribution in [3.8, 4) is 0 Å². The van der Waals surface area contributed by atoms with Gasteiger partial charge >= 0.3 is 0 Å². The second kappa shape index (κ2) is 4.48. The lowest BCUT2D eigenvalue weighted by Crippen LogP contribution is -2.39. The van der Waals surface area contributed by atoms with E-state index >= 15 is 0 Å². The summed E-state index contributed by atoms with van der Waals surface area (Å²) in [6, 6.07) is 0. The minimum atomic E-state index is -1.97. The fraction of sp³-hybridized carbons (Fsp3) is 0.600. The number of imidazole rings is 1. The first-order valence-electron chi connectivity index (χ1n) is 5.97. The van der Waals surface area contributed by atoms with Gasteiger partial charge in [0, 0.05) is 0 Å². The van der Waals surface area contributed by atoms with E-state index in [0.717, 1.165) is 0 Å². The van der Waals surface area contributed by atoms with Gasteiger partial charge in [-0.3, -0.25) is 10.3 Å². The summed E-state index contributed by atoms with van der Waals surface area (Å²) in [5, 5.41) is 41.4. The Morgan fingerprint density at radius 2 is 2.20 bits per heavy atom. The number of rotatable bonds is 2. The van der Waals surface area contributed by atoms with Gasteiger partial charge in [0.25, 0.3) is 5.85 Å². The zero-order valence-corrected chi connectivity index (χ0v) is 10.3. The minimum Gasteiger partial charge on any atom is -0.394 e. The fourth-order valence-electron chi connectivity index (χ4n) is 2.33. The summed E-state index contributed by atoms with van der Waals surface area (Å²) in [6.45, 7) is -0.429. The smallest absolute Gasteiger partial charge is 0.260 e. The molecule has 1 fully saturated rings. The third kappa shape index (κ3) is 1.82. The lowest BCUT2D eigenvalue weighted by molar-refractivity contribution is -0.0520. The number of aliphatic hydroxyl groups is 4. The molecule has 110 valence electrons. The summed E-state index contributed by atoms with van der Waals surface area (Å²) >= 11 is 0. The lowest BCUT2D eigenvalue weighted by atomic mass is 10.1. The Kier molecular flexibility index (Phi) is 3.01. The highest BCUT2D eigenvalue weighted by Crippen LogP contribution is 2.35. The molecule has 1 aromatic rings. The fourth-order valence-corrected chi connectivity index (χ4v) is 2.33. The molecular formula is C10H15N5O5. The Morgan fingerprint density at radius 1 is 1.45 bits per heavy atom. The van der Waals surface area contributed by atoms with Gasteiger partial charge < -0.3 is 30.5 Å². The van der Waals surface area contributed by atoms with Crippen molar-refractivity contribution < 1.29 is 25.2 Å². The van der Waals surface area contributed by atoms with Crippen LogP contribution in [0.25, 0.3) is 0 Å². The molecule has 10 nitrogen and oxygen atoms in total. The first-order valence-corrected chi connectivity index (χ1v) is 5.97. The van der Waals surface area contributed by atoms with Crippen LogP contribution < -0.4 is 11.1 Å². The standard InChI is InChI=1S/C10H15N5O5/c11-10(19)7-8(12-2-14-10)15(3-13-7)9-6(18)5(17)4(1-16)20-9/h2-6,9,16-19H,1,11H2,(H,12,14)/t4-,5-,6-,9-,10-/m1/s1. The van der Waals surface area contributed by atoms with E-state index in [-0.39, 0.29) is 5.69 Å². The predicted octanol–water partition coefficient (Wildman–Crippen LogP) is -2.99. The summed E-state index contributed by atoms with van der Waals surface area (Å²) in [7, 11) is 0. The molecule has 0 bridgehead atoms. The van der Waals surface area contributed by atoms with Crippen LogP contribution in [0, 0.1) is 0 Å². The summed E-state index contributed by atoms with van der Waals surface area (Å²) in [6.07, 6.45) is -1.85. The van der Waals surface area contributed by atoms with E-state index in [4.69, 9.17) is 15.6 Å². The maximum Gasteiger partial charge on any atom is 0.260 e. The molecule has 10 heteroatoms. The average Bonchev–Trinajstić information content (AvgIpc) is 2.94. The van der Waals surface area contributed by atoms with Gasteiger partial charge in [0.15, 0.2) is 11.9 Å². The molecule has 3 rings (SSSR count). The number of nitrogens with zero attached hydrogens (tertiary/aromatic N) is 3. The SMILES string of the molecule is N[C@@]1(O)N=CNc2c1ncn2[C@@H]1O[C@H](CO)[C@@H](O)[C@H]1O. The van der Waals surface area contributed by atoms with Gasteiger partial charge in [-0.1, -0.05) is 0 Å². The molecule has 0 amide bonds. The Hall–Kier alpha value is -1.56. The first-order chi connectivity index (χ1) is 9.45. The number of nitrogens with one attached hydrogen (secondary N) is 1. The molecule has 0 radical (unpaired) electrons. The molecule has 0 aromatic carbocycles. The molecule has 5 atom stereocenters. The molecule has 0 spiro atoms. The molecule has 0 unspecified atom stereocenters. The molecular weight excluding hydrogens is 270 g/mol. The Morgan fingerprint density at radius 3 is 2.85 bits per heavy atom. The summed E-state index contributed by atoms with van der Waals surface area (Å²) in [5.41, 5.74) is 5.63. The molecule has 3 heterocycles. The molecule has 0 saturated carbocycles. The number of fused-ring (bicyclic) bond motifs is 1. The van der Waals surface area contributed by atoms with E-state index in [1.807, 2.05) is 0 Å². The van der Waals surface area contributed by atoms with Gasteiger partial charge in [-0.05, 0) is 0 Å². The van der Waals surface area contributed by atoms with Crippen molar-refractivity contribution in [3.05, 3.63) is 12.0 Å². The van der Waals surface area contributed by atoms with Crippen molar-refractivity contribution in [2.24, 2.45) is 10.7 Å². The lowest BCUT2D eigenvalue weighted by Gasteiger charge is -2.24. The average molecular weight is 285 g/mol. The normalized spacial score (nSPS) is 39.6. The molecule has 2 aliphatic heterocycles. The van der Waals surface area contributed by atoms with Crippen LogP contribution in [-0.2, 0) is 10.6 Å². The molecule has 7 N–H and O–H groups in total. The van der Waals surface area contributed by atoms with Crippen molar-refractivity contribution in [2.75, 3.05) is 11.9 Å². The third-order valence-corrected chi connectivity index (χ3v) is 3.40. The number of hydrogen-bond acceptors (Lipinski definition) is 9. The molecule has 0 aliphatic carbocycles. The van der Waals surface area contributed by atoms with Crippen molar-refractivity contribution in [2.45, 2.75) is 30.4 Å². The van der Waals surface area contributed by atoms with Crippen molar-refractivity contribution in [3.63, 3.8) is 0 Å².